The molecule has 6 nitrogen and oxygen atoms in total. The van der Waals surface area contributed by atoms with Crippen LogP contribution in [0.4, 0.5) is 0 Å². The molecule has 2 unspecified atom stereocenters. The van der Waals surface area contributed by atoms with Crippen LogP contribution in [0.2, 0.25) is 0 Å². The molecule has 1 aromatic carbocycles. The molecule has 1 saturated carbocycles. The smallest absolute Gasteiger partial charge is 0.335 e. The molecule has 0 spiro atoms. The van der Waals surface area contributed by atoms with Crippen molar-refractivity contribution in [3.8, 4) is 0 Å². The second-order valence-corrected chi connectivity index (χ2v) is 5.26. The van der Waals surface area contributed by atoms with Crippen LogP contribution in [-0.4, -0.2) is 31.8 Å². The summed E-state index contributed by atoms with van der Waals surface area (Å²) in [5.41, 5.74) is 0.974. The summed E-state index contributed by atoms with van der Waals surface area (Å²) in [5.74, 6) is -1.03. The van der Waals surface area contributed by atoms with Crippen LogP contribution >= 0.6 is 0 Å². The number of carboxylic acids is 1. The number of rotatable bonds is 2. The molecule has 1 heterocycles. The van der Waals surface area contributed by atoms with E-state index in [0.717, 1.165) is 19.3 Å². The average Bonchev–Trinajstić information content (AvgIpc) is 2.74. The molecule has 3 N–H and O–H groups in total. The molecule has 3 rings (SSSR count). The fraction of sp³-hybridized carbons (Fsp3) is 0.429. The fourth-order valence-electron chi connectivity index (χ4n) is 2.99. The summed E-state index contributed by atoms with van der Waals surface area (Å²) in [7, 11) is 0. The highest BCUT2D eigenvalue weighted by Gasteiger charge is 2.27. The van der Waals surface area contributed by atoms with Gasteiger partial charge in [-0.3, -0.25) is 4.57 Å². The highest BCUT2D eigenvalue weighted by Crippen LogP contribution is 2.30. The van der Waals surface area contributed by atoms with Crippen molar-refractivity contribution in [3.05, 3.63) is 34.2 Å². The molecule has 106 valence electrons. The fourth-order valence-corrected chi connectivity index (χ4v) is 2.99. The van der Waals surface area contributed by atoms with E-state index in [1.54, 1.807) is 10.6 Å². The molecule has 0 radical (unpaired) electrons. The van der Waals surface area contributed by atoms with E-state index in [1.165, 1.54) is 12.1 Å². The Hall–Kier alpha value is -2.08. The van der Waals surface area contributed by atoms with Crippen molar-refractivity contribution in [2.45, 2.75) is 37.8 Å². The van der Waals surface area contributed by atoms with Gasteiger partial charge in [-0.05, 0) is 31.0 Å². The van der Waals surface area contributed by atoms with Gasteiger partial charge in [0.2, 0.25) is 0 Å². The number of imidazole rings is 1. The van der Waals surface area contributed by atoms with Crippen LogP contribution in [0.15, 0.2) is 23.0 Å². The zero-order valence-corrected chi connectivity index (χ0v) is 10.9. The van der Waals surface area contributed by atoms with E-state index >= 15 is 0 Å². The first-order valence-corrected chi connectivity index (χ1v) is 6.73. The maximum Gasteiger partial charge on any atom is 0.335 e. The monoisotopic (exact) mass is 276 g/mol. The summed E-state index contributed by atoms with van der Waals surface area (Å²) in [5, 5.41) is 19.1. The number of aromatic carboxylic acids is 1. The molecule has 2 aromatic rings. The molecule has 0 amide bonds. The Kier molecular flexibility index (Phi) is 3.10. The van der Waals surface area contributed by atoms with Crippen LogP contribution in [0.1, 0.15) is 42.1 Å². The topological polar surface area (TPSA) is 95.3 Å². The van der Waals surface area contributed by atoms with Crippen molar-refractivity contribution < 1.29 is 15.0 Å². The van der Waals surface area contributed by atoms with E-state index in [4.69, 9.17) is 5.11 Å². The number of H-pyrrole nitrogens is 1. The van der Waals surface area contributed by atoms with Gasteiger partial charge in [0.15, 0.2) is 0 Å². The summed E-state index contributed by atoms with van der Waals surface area (Å²) >= 11 is 0. The average molecular weight is 276 g/mol. The zero-order valence-electron chi connectivity index (χ0n) is 10.9. The Bertz CT molecular complexity index is 716. The van der Waals surface area contributed by atoms with Crippen molar-refractivity contribution >= 4 is 17.0 Å². The van der Waals surface area contributed by atoms with Crippen molar-refractivity contribution in [1.29, 1.82) is 0 Å². The quantitative estimate of drug-likeness (QED) is 0.774. The second kappa shape index (κ2) is 4.79. The number of fused-ring (bicyclic) bond motifs is 1. The number of nitrogens with zero attached hydrogens (tertiary/aromatic N) is 1. The lowest BCUT2D eigenvalue weighted by Gasteiger charge is -2.28. The van der Waals surface area contributed by atoms with E-state index < -0.39 is 12.1 Å². The third-order valence-electron chi connectivity index (χ3n) is 3.99. The molecule has 0 bridgehead atoms. The number of benzene rings is 1. The van der Waals surface area contributed by atoms with Crippen molar-refractivity contribution in [2.75, 3.05) is 0 Å². The first kappa shape index (κ1) is 12.9. The van der Waals surface area contributed by atoms with E-state index in [0.29, 0.717) is 17.5 Å². The van der Waals surface area contributed by atoms with E-state index in [-0.39, 0.29) is 17.3 Å². The van der Waals surface area contributed by atoms with Gasteiger partial charge in [0, 0.05) is 0 Å². The third kappa shape index (κ3) is 2.02. The summed E-state index contributed by atoms with van der Waals surface area (Å²) in [6.07, 6.45) is 2.87. The zero-order chi connectivity index (χ0) is 14.3. The second-order valence-electron chi connectivity index (χ2n) is 5.26. The number of hydrogen-bond donors (Lipinski definition) is 3. The predicted octanol–water partition coefficient (Wildman–Crippen LogP) is 1.50. The highest BCUT2D eigenvalue weighted by atomic mass is 16.4. The molecule has 2 atom stereocenters. The molecule has 1 aliphatic rings. The Morgan fingerprint density at radius 3 is 2.75 bits per heavy atom. The lowest BCUT2D eigenvalue weighted by Crippen LogP contribution is -2.33. The maximum atomic E-state index is 12.1. The number of aromatic amines is 1. The van der Waals surface area contributed by atoms with Crippen LogP contribution in [0.5, 0.6) is 0 Å². The summed E-state index contributed by atoms with van der Waals surface area (Å²) < 4.78 is 1.56. The number of nitrogens with one attached hydrogen (secondary N) is 1. The van der Waals surface area contributed by atoms with E-state index in [2.05, 4.69) is 4.98 Å². The first-order valence-electron chi connectivity index (χ1n) is 6.73. The lowest BCUT2D eigenvalue weighted by molar-refractivity contribution is 0.0696. The molecule has 1 aliphatic carbocycles. The first-order chi connectivity index (χ1) is 9.58. The molecule has 6 heteroatoms. The Morgan fingerprint density at radius 2 is 2.05 bits per heavy atom. The molecular weight excluding hydrogens is 260 g/mol. The molecule has 1 aromatic heterocycles. The number of aliphatic hydroxyl groups is 1. The van der Waals surface area contributed by atoms with Crippen LogP contribution in [0, 0.1) is 0 Å². The van der Waals surface area contributed by atoms with Crippen LogP contribution in [0.3, 0.4) is 0 Å². The van der Waals surface area contributed by atoms with Gasteiger partial charge in [0.25, 0.3) is 0 Å². The number of aliphatic hydroxyl groups excluding tert-OH is 1. The van der Waals surface area contributed by atoms with E-state index in [1.807, 2.05) is 0 Å². The minimum absolute atomic E-state index is 0.134. The number of carboxylic acid groups (broad SMARTS) is 1. The van der Waals surface area contributed by atoms with Gasteiger partial charge < -0.3 is 15.2 Å². The van der Waals surface area contributed by atoms with Gasteiger partial charge in [-0.2, -0.15) is 0 Å². The molecule has 0 aliphatic heterocycles. The largest absolute Gasteiger partial charge is 0.478 e. The standard InChI is InChI=1S/C14H16N2O4/c17-12-4-2-1-3-11(12)16-10-6-5-8(13(18)19)7-9(10)15-14(16)20/h5-7,11-12,17H,1-4H2,(H,15,20)(H,18,19). The van der Waals surface area contributed by atoms with Crippen LogP contribution in [-0.2, 0) is 0 Å². The molecular formula is C14H16N2O4. The molecule has 20 heavy (non-hydrogen) atoms. The summed E-state index contributed by atoms with van der Waals surface area (Å²) in [6, 6.07) is 4.31. The molecule has 1 fully saturated rings. The van der Waals surface area contributed by atoms with Crippen LogP contribution in [0.25, 0.3) is 11.0 Å². The van der Waals surface area contributed by atoms with E-state index in [9.17, 15) is 14.7 Å². The third-order valence-corrected chi connectivity index (χ3v) is 3.99. The minimum atomic E-state index is -1.03. The predicted molar refractivity (Wildman–Crippen MR) is 73.0 cm³/mol. The molecule has 0 saturated heterocycles. The SMILES string of the molecule is O=C(O)c1ccc2c(c1)[nH]c(=O)n2C1CCCCC1O. The summed E-state index contributed by atoms with van der Waals surface area (Å²) in [6.45, 7) is 0. The van der Waals surface area contributed by atoms with Crippen molar-refractivity contribution in [1.82, 2.24) is 9.55 Å². The van der Waals surface area contributed by atoms with Gasteiger partial charge in [-0.15, -0.1) is 0 Å². The van der Waals surface area contributed by atoms with Gasteiger partial charge in [0.05, 0.1) is 28.7 Å². The van der Waals surface area contributed by atoms with Gasteiger partial charge >= 0.3 is 11.7 Å². The number of aromatic nitrogens is 2. The van der Waals surface area contributed by atoms with Gasteiger partial charge in [-0.1, -0.05) is 12.8 Å². The maximum absolute atomic E-state index is 12.1. The Balaban J connectivity index is 2.13. The van der Waals surface area contributed by atoms with Crippen LogP contribution < -0.4 is 5.69 Å². The lowest BCUT2D eigenvalue weighted by atomic mass is 9.92. The minimum Gasteiger partial charge on any atom is -0.478 e. The summed E-state index contributed by atoms with van der Waals surface area (Å²) in [4.78, 5) is 25.7. The normalized spacial score (nSPS) is 23.1. The number of hydrogen-bond acceptors (Lipinski definition) is 3. The van der Waals surface area contributed by atoms with Gasteiger partial charge in [-0.25, -0.2) is 9.59 Å². The Labute approximate surface area is 114 Å². The number of carbonyl (C=O) groups is 1. The van der Waals surface area contributed by atoms with Crippen molar-refractivity contribution in [2.24, 2.45) is 0 Å². The van der Waals surface area contributed by atoms with Gasteiger partial charge in [0.1, 0.15) is 0 Å². The Morgan fingerprint density at radius 1 is 1.30 bits per heavy atom. The highest BCUT2D eigenvalue weighted by molar-refractivity contribution is 5.92. The van der Waals surface area contributed by atoms with Crippen molar-refractivity contribution in [3.63, 3.8) is 0 Å².